The summed E-state index contributed by atoms with van der Waals surface area (Å²) in [7, 11) is 0. The maximum absolute atomic E-state index is 12.2. The van der Waals surface area contributed by atoms with Crippen LogP contribution in [-0.4, -0.2) is 35.4 Å². The zero-order chi connectivity index (χ0) is 12.3. The number of aromatic nitrogens is 1. The molecule has 2 heterocycles. The van der Waals surface area contributed by atoms with Crippen molar-refractivity contribution in [3.8, 4) is 0 Å². The second kappa shape index (κ2) is 5.27. The fraction of sp³-hybridized carbons (Fsp3) is 0.538. The van der Waals surface area contributed by atoms with E-state index in [4.69, 9.17) is 5.73 Å². The van der Waals surface area contributed by atoms with Crippen LogP contribution >= 0.6 is 0 Å². The third-order valence-corrected chi connectivity index (χ3v) is 3.36. The normalized spacial score (nSPS) is 19.6. The van der Waals surface area contributed by atoms with Crippen LogP contribution in [0.25, 0.3) is 0 Å². The molecule has 2 N–H and O–H groups in total. The van der Waals surface area contributed by atoms with Crippen molar-refractivity contribution in [1.82, 2.24) is 9.88 Å². The highest BCUT2D eigenvalue weighted by Gasteiger charge is 2.27. The van der Waals surface area contributed by atoms with Gasteiger partial charge in [0.2, 0.25) is 0 Å². The predicted octanol–water partition coefficient (Wildman–Crippen LogP) is 1.20. The van der Waals surface area contributed by atoms with E-state index in [1.807, 2.05) is 24.0 Å². The molecule has 0 aromatic carbocycles. The van der Waals surface area contributed by atoms with Crippen LogP contribution in [-0.2, 0) is 0 Å². The smallest absolute Gasteiger partial charge is 0.272 e. The Hall–Kier alpha value is -1.42. The molecule has 1 atom stereocenters. The first-order valence-electron chi connectivity index (χ1n) is 6.13. The first-order chi connectivity index (χ1) is 8.22. The highest BCUT2D eigenvalue weighted by Crippen LogP contribution is 2.21. The number of hydrogen-bond acceptors (Lipinski definition) is 3. The second-order valence-corrected chi connectivity index (χ2v) is 4.65. The first-order valence-corrected chi connectivity index (χ1v) is 6.13. The van der Waals surface area contributed by atoms with Gasteiger partial charge in [-0.05, 0) is 43.9 Å². The van der Waals surface area contributed by atoms with Crippen molar-refractivity contribution in [2.24, 2.45) is 11.7 Å². The Labute approximate surface area is 102 Å². The van der Waals surface area contributed by atoms with Crippen molar-refractivity contribution in [2.45, 2.75) is 19.8 Å². The largest absolute Gasteiger partial charge is 0.337 e. The molecule has 0 bridgehead atoms. The zero-order valence-electron chi connectivity index (χ0n) is 10.2. The SMILES string of the molecule is Cc1cccnc1C(=O)N1CCC(CCN)C1. The molecule has 1 aliphatic heterocycles. The summed E-state index contributed by atoms with van der Waals surface area (Å²) < 4.78 is 0. The summed E-state index contributed by atoms with van der Waals surface area (Å²) in [6.45, 7) is 4.29. The number of nitrogens with zero attached hydrogens (tertiary/aromatic N) is 2. The minimum absolute atomic E-state index is 0.0580. The number of likely N-dealkylation sites (tertiary alicyclic amines) is 1. The molecule has 0 radical (unpaired) electrons. The molecule has 0 spiro atoms. The molecular weight excluding hydrogens is 214 g/mol. The van der Waals surface area contributed by atoms with E-state index in [-0.39, 0.29) is 5.91 Å². The highest BCUT2D eigenvalue weighted by molar-refractivity contribution is 5.93. The van der Waals surface area contributed by atoms with E-state index >= 15 is 0 Å². The van der Waals surface area contributed by atoms with Crippen molar-refractivity contribution < 1.29 is 4.79 Å². The molecule has 2 rings (SSSR count). The van der Waals surface area contributed by atoms with E-state index in [0.29, 0.717) is 18.2 Å². The van der Waals surface area contributed by atoms with Crippen LogP contribution in [0.2, 0.25) is 0 Å². The number of hydrogen-bond donors (Lipinski definition) is 1. The van der Waals surface area contributed by atoms with Crippen molar-refractivity contribution in [3.63, 3.8) is 0 Å². The summed E-state index contributed by atoms with van der Waals surface area (Å²) in [5.74, 6) is 0.621. The van der Waals surface area contributed by atoms with Gasteiger partial charge in [-0.2, -0.15) is 0 Å². The minimum atomic E-state index is 0.0580. The number of carbonyl (C=O) groups is 1. The first kappa shape index (κ1) is 12.0. The van der Waals surface area contributed by atoms with Gasteiger partial charge in [-0.15, -0.1) is 0 Å². The molecule has 1 fully saturated rings. The maximum atomic E-state index is 12.2. The van der Waals surface area contributed by atoms with Crippen LogP contribution in [0.15, 0.2) is 18.3 Å². The summed E-state index contributed by atoms with van der Waals surface area (Å²) in [4.78, 5) is 18.3. The predicted molar refractivity (Wildman–Crippen MR) is 66.7 cm³/mol. The average molecular weight is 233 g/mol. The lowest BCUT2D eigenvalue weighted by molar-refractivity contribution is 0.0780. The third kappa shape index (κ3) is 2.64. The molecule has 1 aromatic rings. The van der Waals surface area contributed by atoms with Crippen LogP contribution < -0.4 is 5.73 Å². The average Bonchev–Trinajstić information content (AvgIpc) is 2.78. The number of nitrogens with two attached hydrogens (primary N) is 1. The van der Waals surface area contributed by atoms with E-state index in [0.717, 1.165) is 31.5 Å². The zero-order valence-corrected chi connectivity index (χ0v) is 10.2. The van der Waals surface area contributed by atoms with Gasteiger partial charge >= 0.3 is 0 Å². The third-order valence-electron chi connectivity index (χ3n) is 3.36. The van der Waals surface area contributed by atoms with Gasteiger partial charge in [0.15, 0.2) is 0 Å². The summed E-state index contributed by atoms with van der Waals surface area (Å²) >= 11 is 0. The van der Waals surface area contributed by atoms with E-state index in [9.17, 15) is 4.79 Å². The lowest BCUT2D eigenvalue weighted by atomic mass is 10.1. The fourth-order valence-corrected chi connectivity index (χ4v) is 2.35. The summed E-state index contributed by atoms with van der Waals surface area (Å²) in [6, 6.07) is 3.78. The van der Waals surface area contributed by atoms with Crippen LogP contribution in [0.4, 0.5) is 0 Å². The van der Waals surface area contributed by atoms with Crippen molar-refractivity contribution in [3.05, 3.63) is 29.6 Å². The molecule has 4 nitrogen and oxygen atoms in total. The number of amides is 1. The molecular formula is C13H19N3O. The Bertz CT molecular complexity index is 405. The Balaban J connectivity index is 2.05. The van der Waals surface area contributed by atoms with Crippen molar-refractivity contribution >= 4 is 5.91 Å². The fourth-order valence-electron chi connectivity index (χ4n) is 2.35. The van der Waals surface area contributed by atoms with Gasteiger partial charge in [-0.3, -0.25) is 9.78 Å². The second-order valence-electron chi connectivity index (χ2n) is 4.65. The molecule has 1 aliphatic rings. The maximum Gasteiger partial charge on any atom is 0.272 e. The Morgan fingerprint density at radius 1 is 1.65 bits per heavy atom. The lowest BCUT2D eigenvalue weighted by Gasteiger charge is -2.16. The van der Waals surface area contributed by atoms with E-state index in [2.05, 4.69) is 4.98 Å². The van der Waals surface area contributed by atoms with Crippen LogP contribution in [0.1, 0.15) is 28.9 Å². The Kier molecular flexibility index (Phi) is 3.74. The molecule has 0 aliphatic carbocycles. The van der Waals surface area contributed by atoms with E-state index < -0.39 is 0 Å². The number of carbonyl (C=O) groups excluding carboxylic acids is 1. The van der Waals surface area contributed by atoms with Crippen LogP contribution in [0.5, 0.6) is 0 Å². The molecule has 0 saturated carbocycles. The minimum Gasteiger partial charge on any atom is -0.337 e. The standard InChI is InChI=1S/C13H19N3O/c1-10-3-2-7-15-12(10)13(17)16-8-5-11(9-16)4-6-14/h2-3,7,11H,4-6,8-9,14H2,1H3. The molecule has 1 amide bonds. The number of pyridine rings is 1. The van der Waals surface area contributed by atoms with Gasteiger partial charge in [0.25, 0.3) is 5.91 Å². The van der Waals surface area contributed by atoms with Gasteiger partial charge in [-0.1, -0.05) is 6.07 Å². The topological polar surface area (TPSA) is 59.2 Å². The van der Waals surface area contributed by atoms with E-state index in [1.165, 1.54) is 0 Å². The van der Waals surface area contributed by atoms with Gasteiger partial charge in [0.1, 0.15) is 5.69 Å². The lowest BCUT2D eigenvalue weighted by Crippen LogP contribution is -2.30. The molecule has 1 unspecified atom stereocenters. The summed E-state index contributed by atoms with van der Waals surface area (Å²) in [6.07, 6.45) is 3.74. The number of rotatable bonds is 3. The highest BCUT2D eigenvalue weighted by atomic mass is 16.2. The summed E-state index contributed by atoms with van der Waals surface area (Å²) in [5.41, 5.74) is 7.08. The van der Waals surface area contributed by atoms with Gasteiger partial charge in [-0.25, -0.2) is 0 Å². The van der Waals surface area contributed by atoms with Gasteiger partial charge < -0.3 is 10.6 Å². The quantitative estimate of drug-likeness (QED) is 0.853. The molecule has 1 aromatic heterocycles. The Morgan fingerprint density at radius 3 is 3.18 bits per heavy atom. The molecule has 4 heteroatoms. The summed E-state index contributed by atoms with van der Waals surface area (Å²) in [5, 5.41) is 0. The number of aryl methyl sites for hydroxylation is 1. The van der Waals surface area contributed by atoms with Gasteiger partial charge in [0.05, 0.1) is 0 Å². The monoisotopic (exact) mass is 233 g/mol. The molecule has 92 valence electrons. The van der Waals surface area contributed by atoms with E-state index in [1.54, 1.807) is 6.20 Å². The van der Waals surface area contributed by atoms with Gasteiger partial charge in [0, 0.05) is 19.3 Å². The Morgan fingerprint density at radius 2 is 2.47 bits per heavy atom. The van der Waals surface area contributed by atoms with Crippen LogP contribution in [0.3, 0.4) is 0 Å². The van der Waals surface area contributed by atoms with Crippen LogP contribution in [0, 0.1) is 12.8 Å². The van der Waals surface area contributed by atoms with Crippen molar-refractivity contribution in [1.29, 1.82) is 0 Å². The molecule has 17 heavy (non-hydrogen) atoms. The molecule has 1 saturated heterocycles. The van der Waals surface area contributed by atoms with Crippen molar-refractivity contribution in [2.75, 3.05) is 19.6 Å².